The molecule has 0 bridgehead atoms. The zero-order valence-corrected chi connectivity index (χ0v) is 19.7. The second kappa shape index (κ2) is 10.6. The molecule has 0 saturated carbocycles. The Labute approximate surface area is 203 Å². The topological polar surface area (TPSA) is 61.4 Å². The lowest BCUT2D eigenvalue weighted by Gasteiger charge is -2.41. The van der Waals surface area contributed by atoms with Crippen LogP contribution in [0.15, 0.2) is 90.6 Å². The molecule has 172 valence electrons. The van der Waals surface area contributed by atoms with Crippen LogP contribution in [-0.2, 0) is 13.0 Å². The number of hydrogen-bond acceptors (Lipinski definition) is 5. The van der Waals surface area contributed by atoms with Gasteiger partial charge in [0.05, 0.1) is 11.7 Å². The Balaban J connectivity index is 1.29. The Hall–Kier alpha value is -3.55. The highest BCUT2D eigenvalue weighted by molar-refractivity contribution is 7.14. The van der Waals surface area contributed by atoms with Crippen LogP contribution in [0.25, 0.3) is 11.3 Å². The molecule has 1 saturated heterocycles. The fourth-order valence-electron chi connectivity index (χ4n) is 4.38. The lowest BCUT2D eigenvalue weighted by Crippen LogP contribution is -2.56. The zero-order chi connectivity index (χ0) is 23.2. The highest BCUT2D eigenvalue weighted by atomic mass is 32.1. The number of urea groups is 1. The van der Waals surface area contributed by atoms with Crippen LogP contribution in [0, 0.1) is 0 Å². The molecule has 2 aromatic carbocycles. The maximum absolute atomic E-state index is 13.3. The summed E-state index contributed by atoms with van der Waals surface area (Å²) in [6.45, 7) is 3.24. The van der Waals surface area contributed by atoms with E-state index in [1.807, 2.05) is 34.5 Å². The molecule has 7 heteroatoms. The summed E-state index contributed by atoms with van der Waals surface area (Å²) < 4.78 is 0. The van der Waals surface area contributed by atoms with Gasteiger partial charge >= 0.3 is 6.03 Å². The molecular formula is C27H27N5OS. The molecule has 0 radical (unpaired) electrons. The number of carbonyl (C=O) groups is 1. The van der Waals surface area contributed by atoms with Crippen LogP contribution >= 0.6 is 11.3 Å². The molecule has 1 aliphatic rings. The van der Waals surface area contributed by atoms with Crippen molar-refractivity contribution in [3.8, 4) is 11.3 Å². The standard InChI is InChI=1S/C27H27N5OS/c33-27(30-26-29-25(20-34-26)23-11-13-28-14-12-23)32-16-15-31(18-22-9-5-2-6-10-22)19-24(32)17-21-7-3-1-4-8-21/h1-14,20,24H,15-19H2,(H,29,30,33). The molecule has 0 aliphatic carbocycles. The Morgan fingerprint density at radius 2 is 1.65 bits per heavy atom. The number of piperazine rings is 1. The molecule has 1 N–H and O–H groups in total. The van der Waals surface area contributed by atoms with Crippen LogP contribution in [0.2, 0.25) is 0 Å². The summed E-state index contributed by atoms with van der Waals surface area (Å²) in [6, 6.07) is 24.8. The van der Waals surface area contributed by atoms with Gasteiger partial charge < -0.3 is 4.90 Å². The molecule has 0 spiro atoms. The summed E-state index contributed by atoms with van der Waals surface area (Å²) >= 11 is 1.44. The van der Waals surface area contributed by atoms with Crippen molar-refractivity contribution in [2.45, 2.75) is 19.0 Å². The first-order valence-corrected chi connectivity index (χ1v) is 12.4. The van der Waals surface area contributed by atoms with E-state index in [9.17, 15) is 4.79 Å². The monoisotopic (exact) mass is 469 g/mol. The maximum atomic E-state index is 13.3. The third-order valence-electron chi connectivity index (χ3n) is 6.09. The van der Waals surface area contributed by atoms with Crippen molar-refractivity contribution < 1.29 is 4.79 Å². The van der Waals surface area contributed by atoms with Crippen molar-refractivity contribution in [2.75, 3.05) is 25.0 Å². The molecule has 2 aromatic heterocycles. The number of hydrogen-bond donors (Lipinski definition) is 1. The van der Waals surface area contributed by atoms with Crippen molar-refractivity contribution in [1.29, 1.82) is 0 Å². The van der Waals surface area contributed by atoms with E-state index >= 15 is 0 Å². The first kappa shape index (κ1) is 22.3. The number of aromatic nitrogens is 2. The van der Waals surface area contributed by atoms with E-state index < -0.39 is 0 Å². The largest absolute Gasteiger partial charge is 0.323 e. The van der Waals surface area contributed by atoms with Crippen molar-refractivity contribution in [3.63, 3.8) is 0 Å². The number of amides is 2. The number of anilines is 1. The van der Waals surface area contributed by atoms with Gasteiger partial charge in [0, 0.05) is 49.5 Å². The lowest BCUT2D eigenvalue weighted by atomic mass is 10.0. The van der Waals surface area contributed by atoms with Crippen LogP contribution < -0.4 is 5.32 Å². The van der Waals surface area contributed by atoms with Crippen molar-refractivity contribution in [2.24, 2.45) is 0 Å². The third-order valence-corrected chi connectivity index (χ3v) is 6.84. The van der Waals surface area contributed by atoms with E-state index in [0.717, 1.165) is 37.3 Å². The predicted octanol–water partition coefficient (Wildman–Crippen LogP) is 5.17. The fourth-order valence-corrected chi connectivity index (χ4v) is 5.09. The number of benzene rings is 2. The molecule has 1 unspecified atom stereocenters. The van der Waals surface area contributed by atoms with E-state index in [-0.39, 0.29) is 12.1 Å². The number of nitrogens with one attached hydrogen (secondary N) is 1. The first-order valence-electron chi connectivity index (χ1n) is 11.5. The lowest BCUT2D eigenvalue weighted by molar-refractivity contribution is 0.0958. The summed E-state index contributed by atoms with van der Waals surface area (Å²) in [5.41, 5.74) is 4.37. The Morgan fingerprint density at radius 3 is 2.38 bits per heavy atom. The third kappa shape index (κ3) is 5.50. The zero-order valence-electron chi connectivity index (χ0n) is 18.9. The van der Waals surface area contributed by atoms with Crippen LogP contribution in [0.4, 0.5) is 9.93 Å². The molecule has 5 rings (SSSR count). The second-order valence-corrected chi connectivity index (χ2v) is 9.32. The van der Waals surface area contributed by atoms with Crippen molar-refractivity contribution in [3.05, 3.63) is 102 Å². The van der Waals surface area contributed by atoms with Crippen LogP contribution in [0.1, 0.15) is 11.1 Å². The van der Waals surface area contributed by atoms with E-state index in [1.165, 1.54) is 22.5 Å². The quantitative estimate of drug-likeness (QED) is 0.423. The smallest absolute Gasteiger partial charge is 0.319 e. The molecule has 1 atom stereocenters. The van der Waals surface area contributed by atoms with E-state index in [2.05, 4.69) is 68.7 Å². The maximum Gasteiger partial charge on any atom is 0.323 e. The average molecular weight is 470 g/mol. The summed E-state index contributed by atoms with van der Waals surface area (Å²) in [5, 5.41) is 5.62. The molecular weight excluding hydrogens is 442 g/mol. The molecule has 4 aromatic rings. The van der Waals surface area contributed by atoms with Crippen molar-refractivity contribution >= 4 is 22.5 Å². The summed E-state index contributed by atoms with van der Waals surface area (Å²) in [6.07, 6.45) is 4.31. The average Bonchev–Trinajstić information content (AvgIpc) is 3.34. The SMILES string of the molecule is O=C(Nc1nc(-c2ccncc2)cs1)N1CCN(Cc2ccccc2)CC1Cc1ccccc1. The molecule has 1 fully saturated rings. The molecule has 2 amide bonds. The molecule has 34 heavy (non-hydrogen) atoms. The first-order chi connectivity index (χ1) is 16.7. The van der Waals surface area contributed by atoms with E-state index in [0.29, 0.717) is 11.7 Å². The predicted molar refractivity (Wildman–Crippen MR) is 137 cm³/mol. The van der Waals surface area contributed by atoms with E-state index in [4.69, 9.17) is 0 Å². The summed E-state index contributed by atoms with van der Waals surface area (Å²) in [7, 11) is 0. The highest BCUT2D eigenvalue weighted by Gasteiger charge is 2.31. The normalized spacial score (nSPS) is 16.4. The van der Waals surface area contributed by atoms with Gasteiger partial charge in [-0.25, -0.2) is 9.78 Å². The molecule has 1 aliphatic heterocycles. The Kier molecular flexibility index (Phi) is 6.93. The van der Waals surface area contributed by atoms with Crippen LogP contribution in [0.5, 0.6) is 0 Å². The summed E-state index contributed by atoms with van der Waals surface area (Å²) in [4.78, 5) is 26.4. The van der Waals surface area contributed by atoms with Gasteiger partial charge in [0.15, 0.2) is 5.13 Å². The van der Waals surface area contributed by atoms with Crippen LogP contribution in [-0.4, -0.2) is 51.5 Å². The number of carbonyl (C=O) groups excluding carboxylic acids is 1. The minimum Gasteiger partial charge on any atom is -0.319 e. The van der Waals surface area contributed by atoms with Crippen LogP contribution in [0.3, 0.4) is 0 Å². The van der Waals surface area contributed by atoms with Gasteiger partial charge in [-0.15, -0.1) is 11.3 Å². The fraction of sp³-hybridized carbons (Fsp3) is 0.222. The molecule has 6 nitrogen and oxygen atoms in total. The Bertz CT molecular complexity index is 1200. The highest BCUT2D eigenvalue weighted by Crippen LogP contribution is 2.25. The van der Waals surface area contributed by atoms with Gasteiger partial charge in [0.1, 0.15) is 0 Å². The van der Waals surface area contributed by atoms with E-state index in [1.54, 1.807) is 12.4 Å². The minimum absolute atomic E-state index is 0.0829. The van der Waals surface area contributed by atoms with Gasteiger partial charge in [0.2, 0.25) is 0 Å². The molecule has 3 heterocycles. The number of rotatable bonds is 6. The van der Waals surface area contributed by atoms with Gasteiger partial charge in [0.25, 0.3) is 0 Å². The minimum atomic E-state index is -0.0871. The van der Waals surface area contributed by atoms with Gasteiger partial charge in [-0.1, -0.05) is 60.7 Å². The number of thiazole rings is 1. The van der Waals surface area contributed by atoms with Gasteiger partial charge in [-0.2, -0.15) is 0 Å². The van der Waals surface area contributed by atoms with Gasteiger partial charge in [-0.05, 0) is 29.7 Å². The number of nitrogens with zero attached hydrogens (tertiary/aromatic N) is 4. The second-order valence-electron chi connectivity index (χ2n) is 8.46. The number of pyridine rings is 1. The Morgan fingerprint density at radius 1 is 0.941 bits per heavy atom. The van der Waals surface area contributed by atoms with Crippen molar-refractivity contribution in [1.82, 2.24) is 19.8 Å². The summed E-state index contributed by atoms with van der Waals surface area (Å²) in [5.74, 6) is 0. The van der Waals surface area contributed by atoms with Gasteiger partial charge in [-0.3, -0.25) is 15.2 Å².